The second-order valence-corrected chi connectivity index (χ2v) is 4.01. The van der Waals surface area contributed by atoms with Gasteiger partial charge in [0.05, 0.1) is 0 Å². The van der Waals surface area contributed by atoms with Gasteiger partial charge < -0.3 is 10.3 Å². The third kappa shape index (κ3) is 3.70. The fraction of sp³-hybridized carbons (Fsp3) is 0.455. The van der Waals surface area contributed by atoms with E-state index in [4.69, 9.17) is 11.6 Å². The van der Waals surface area contributed by atoms with E-state index in [0.29, 0.717) is 5.88 Å². The molecule has 88 valence electrons. The van der Waals surface area contributed by atoms with Crippen LogP contribution in [-0.2, 0) is 0 Å². The molecular formula is C11H15ClN2O2. The van der Waals surface area contributed by atoms with Crippen molar-refractivity contribution in [1.82, 2.24) is 10.3 Å². The van der Waals surface area contributed by atoms with Crippen molar-refractivity contribution < 1.29 is 4.79 Å². The van der Waals surface area contributed by atoms with Crippen molar-refractivity contribution in [2.75, 3.05) is 5.88 Å². The first-order valence-electron chi connectivity index (χ1n) is 5.19. The number of carbonyl (C=O) groups is 1. The van der Waals surface area contributed by atoms with E-state index in [1.165, 1.54) is 18.5 Å². The monoisotopic (exact) mass is 242 g/mol. The lowest BCUT2D eigenvalue weighted by Gasteiger charge is -2.12. The van der Waals surface area contributed by atoms with Gasteiger partial charge in [-0.05, 0) is 19.8 Å². The van der Waals surface area contributed by atoms with Gasteiger partial charge >= 0.3 is 0 Å². The van der Waals surface area contributed by atoms with E-state index in [-0.39, 0.29) is 22.9 Å². The first kappa shape index (κ1) is 12.8. The average Bonchev–Trinajstić information content (AvgIpc) is 2.26. The summed E-state index contributed by atoms with van der Waals surface area (Å²) in [4.78, 5) is 25.7. The molecule has 0 aliphatic heterocycles. The highest BCUT2D eigenvalue weighted by atomic mass is 35.5. The maximum Gasteiger partial charge on any atom is 0.256 e. The number of carbonyl (C=O) groups excluding carboxylic acids is 1. The van der Waals surface area contributed by atoms with Gasteiger partial charge in [-0.25, -0.2) is 0 Å². The van der Waals surface area contributed by atoms with Crippen LogP contribution in [0.25, 0.3) is 0 Å². The molecule has 0 aliphatic rings. The molecule has 0 bridgehead atoms. The molecule has 0 fully saturated rings. The zero-order valence-corrected chi connectivity index (χ0v) is 9.88. The second kappa shape index (κ2) is 6.33. The van der Waals surface area contributed by atoms with Crippen molar-refractivity contribution in [3.63, 3.8) is 0 Å². The van der Waals surface area contributed by atoms with Crippen molar-refractivity contribution in [3.8, 4) is 0 Å². The van der Waals surface area contributed by atoms with Crippen molar-refractivity contribution in [3.05, 3.63) is 34.2 Å². The first-order chi connectivity index (χ1) is 7.65. The van der Waals surface area contributed by atoms with Crippen LogP contribution >= 0.6 is 11.6 Å². The zero-order valence-electron chi connectivity index (χ0n) is 9.13. The van der Waals surface area contributed by atoms with Gasteiger partial charge in [0, 0.05) is 30.4 Å². The highest BCUT2D eigenvalue weighted by molar-refractivity contribution is 6.17. The van der Waals surface area contributed by atoms with Crippen molar-refractivity contribution in [2.24, 2.45) is 0 Å². The molecule has 2 N–H and O–H groups in total. The minimum atomic E-state index is -0.344. The molecule has 1 heterocycles. The number of pyridine rings is 1. The molecule has 1 unspecified atom stereocenters. The molecule has 0 saturated heterocycles. The fourth-order valence-corrected chi connectivity index (χ4v) is 1.50. The molecule has 0 saturated carbocycles. The maximum atomic E-state index is 11.7. The topological polar surface area (TPSA) is 62.0 Å². The summed E-state index contributed by atoms with van der Waals surface area (Å²) >= 11 is 5.56. The first-order valence-corrected chi connectivity index (χ1v) is 5.72. The Balaban J connectivity index is 2.59. The van der Waals surface area contributed by atoms with E-state index in [1.54, 1.807) is 0 Å². The van der Waals surface area contributed by atoms with Gasteiger partial charge in [0.1, 0.15) is 5.56 Å². The summed E-state index contributed by atoms with van der Waals surface area (Å²) in [7, 11) is 0. The van der Waals surface area contributed by atoms with Crippen molar-refractivity contribution in [1.29, 1.82) is 0 Å². The van der Waals surface area contributed by atoms with Gasteiger partial charge in [-0.3, -0.25) is 9.59 Å². The highest BCUT2D eigenvalue weighted by Crippen LogP contribution is 1.99. The normalized spacial score (nSPS) is 12.1. The lowest BCUT2D eigenvalue weighted by molar-refractivity contribution is 0.0937. The molecule has 1 aromatic heterocycles. The Bertz CT molecular complexity index is 403. The Morgan fingerprint density at radius 2 is 2.38 bits per heavy atom. The van der Waals surface area contributed by atoms with E-state index >= 15 is 0 Å². The molecule has 1 atom stereocenters. The van der Waals surface area contributed by atoms with Gasteiger partial charge in [0.15, 0.2) is 5.43 Å². The summed E-state index contributed by atoms with van der Waals surface area (Å²) in [5.41, 5.74) is -0.138. The number of amides is 1. The summed E-state index contributed by atoms with van der Waals surface area (Å²) in [6.07, 6.45) is 4.55. The van der Waals surface area contributed by atoms with Crippen LogP contribution in [0.1, 0.15) is 30.1 Å². The van der Waals surface area contributed by atoms with Gasteiger partial charge in [0.25, 0.3) is 5.91 Å². The molecule has 0 aromatic carbocycles. The minimum absolute atomic E-state index is 0.0193. The van der Waals surface area contributed by atoms with E-state index in [0.717, 1.165) is 12.8 Å². The van der Waals surface area contributed by atoms with Gasteiger partial charge in [-0.15, -0.1) is 11.6 Å². The Labute approximate surface area is 99.0 Å². The summed E-state index contributed by atoms with van der Waals surface area (Å²) < 4.78 is 0. The maximum absolute atomic E-state index is 11.7. The molecule has 1 rings (SSSR count). The molecule has 0 spiro atoms. The number of hydrogen-bond donors (Lipinski definition) is 2. The number of hydrogen-bond acceptors (Lipinski definition) is 2. The summed E-state index contributed by atoms with van der Waals surface area (Å²) in [6.45, 7) is 1.89. The number of aromatic nitrogens is 1. The Morgan fingerprint density at radius 1 is 1.62 bits per heavy atom. The lowest BCUT2D eigenvalue weighted by Crippen LogP contribution is -2.35. The third-order valence-corrected chi connectivity index (χ3v) is 2.48. The van der Waals surface area contributed by atoms with Crippen LogP contribution in [0.5, 0.6) is 0 Å². The number of aromatic amines is 1. The van der Waals surface area contributed by atoms with E-state index in [9.17, 15) is 9.59 Å². The van der Waals surface area contributed by atoms with Gasteiger partial charge in [0.2, 0.25) is 0 Å². The van der Waals surface area contributed by atoms with Crippen LogP contribution in [0.4, 0.5) is 0 Å². The Hall–Kier alpha value is -1.29. The van der Waals surface area contributed by atoms with Crippen LogP contribution in [0, 0.1) is 0 Å². The van der Waals surface area contributed by atoms with Crippen LogP contribution in [0.3, 0.4) is 0 Å². The summed E-state index contributed by atoms with van der Waals surface area (Å²) in [6, 6.07) is 1.35. The van der Waals surface area contributed by atoms with Crippen LogP contribution in [0.15, 0.2) is 23.3 Å². The lowest BCUT2D eigenvalue weighted by atomic mass is 10.2. The summed E-state index contributed by atoms with van der Waals surface area (Å²) in [5.74, 6) is 0.232. The average molecular weight is 243 g/mol. The predicted octanol–water partition coefficient (Wildman–Crippen LogP) is 1.51. The number of nitrogens with one attached hydrogen (secondary N) is 2. The third-order valence-electron chi connectivity index (χ3n) is 2.22. The minimum Gasteiger partial charge on any atom is -0.367 e. The summed E-state index contributed by atoms with van der Waals surface area (Å²) in [5, 5.41) is 2.75. The van der Waals surface area contributed by atoms with E-state index in [2.05, 4.69) is 10.3 Å². The number of rotatable bonds is 5. The standard InChI is InChI=1S/C11H15ClN2O2/c1-8(3-2-5-12)14-11(16)9-7-13-6-4-10(9)15/h4,6-8H,2-3,5H2,1H3,(H,13,15)(H,14,16). The van der Waals surface area contributed by atoms with Crippen molar-refractivity contribution in [2.45, 2.75) is 25.8 Å². The smallest absolute Gasteiger partial charge is 0.256 e. The van der Waals surface area contributed by atoms with Crippen LogP contribution < -0.4 is 10.7 Å². The largest absolute Gasteiger partial charge is 0.367 e. The molecule has 16 heavy (non-hydrogen) atoms. The van der Waals surface area contributed by atoms with Gasteiger partial charge in [-0.1, -0.05) is 0 Å². The molecule has 1 aromatic rings. The number of H-pyrrole nitrogens is 1. The van der Waals surface area contributed by atoms with Crippen LogP contribution in [-0.4, -0.2) is 22.8 Å². The molecule has 4 nitrogen and oxygen atoms in total. The molecule has 5 heteroatoms. The van der Waals surface area contributed by atoms with E-state index < -0.39 is 0 Å². The Kier molecular flexibility index (Phi) is 5.05. The SMILES string of the molecule is CC(CCCCl)NC(=O)c1c[nH]ccc1=O. The second-order valence-electron chi connectivity index (χ2n) is 3.63. The Morgan fingerprint density at radius 3 is 3.00 bits per heavy atom. The highest BCUT2D eigenvalue weighted by Gasteiger charge is 2.11. The zero-order chi connectivity index (χ0) is 12.0. The number of halogens is 1. The number of alkyl halides is 1. The van der Waals surface area contributed by atoms with Crippen molar-refractivity contribution >= 4 is 17.5 Å². The molecule has 1 amide bonds. The predicted molar refractivity (Wildman–Crippen MR) is 63.9 cm³/mol. The van der Waals surface area contributed by atoms with Gasteiger partial charge in [-0.2, -0.15) is 0 Å². The fourth-order valence-electron chi connectivity index (χ4n) is 1.35. The molecule has 0 aliphatic carbocycles. The van der Waals surface area contributed by atoms with Crippen LogP contribution in [0.2, 0.25) is 0 Å². The molecular weight excluding hydrogens is 228 g/mol. The van der Waals surface area contributed by atoms with E-state index in [1.807, 2.05) is 6.92 Å². The molecule has 0 radical (unpaired) electrons. The quantitative estimate of drug-likeness (QED) is 0.769.